The number of aromatic nitrogens is 1. The Hall–Kier alpha value is -2.95. The van der Waals surface area contributed by atoms with Gasteiger partial charge in [0.05, 0.1) is 13.0 Å². The number of para-hydroxylation sites is 1. The van der Waals surface area contributed by atoms with Crippen molar-refractivity contribution in [2.45, 2.75) is 26.3 Å². The number of benzene rings is 2. The Morgan fingerprint density at radius 3 is 2.54 bits per heavy atom. The number of hydrogen-bond donors (Lipinski definition) is 3. The first-order chi connectivity index (χ1) is 11.5. The molecule has 124 valence electrons. The number of fused-ring (bicyclic) bond motifs is 1. The van der Waals surface area contributed by atoms with Crippen LogP contribution in [0.25, 0.3) is 10.9 Å². The molecule has 5 heteroatoms. The Morgan fingerprint density at radius 1 is 1.12 bits per heavy atom. The quantitative estimate of drug-likeness (QED) is 0.672. The summed E-state index contributed by atoms with van der Waals surface area (Å²) in [6.45, 7) is 2.41. The molecule has 0 aliphatic carbocycles. The molecule has 3 aromatic rings. The van der Waals surface area contributed by atoms with E-state index >= 15 is 0 Å². The van der Waals surface area contributed by atoms with Crippen molar-refractivity contribution in [3.8, 4) is 11.5 Å². The van der Waals surface area contributed by atoms with Gasteiger partial charge in [-0.15, -0.1) is 0 Å². The van der Waals surface area contributed by atoms with Crippen LogP contribution in [-0.2, 0) is 24.2 Å². The Morgan fingerprint density at radius 2 is 1.88 bits per heavy atom. The maximum Gasteiger partial charge on any atom is 0.307 e. The molecule has 0 saturated carbocycles. The largest absolute Gasteiger partial charge is 0.508 e. The summed E-state index contributed by atoms with van der Waals surface area (Å²) in [5, 5.41) is 29.8. The third kappa shape index (κ3) is 2.80. The van der Waals surface area contributed by atoms with Crippen molar-refractivity contribution in [1.29, 1.82) is 0 Å². The molecule has 0 amide bonds. The number of carboxylic acid groups (broad SMARTS) is 1. The third-order valence-electron chi connectivity index (χ3n) is 4.25. The zero-order valence-electron chi connectivity index (χ0n) is 13.4. The number of phenols is 2. The second-order valence-corrected chi connectivity index (χ2v) is 5.77. The normalized spacial score (nSPS) is 11.0. The minimum atomic E-state index is -0.908. The van der Waals surface area contributed by atoms with Crippen molar-refractivity contribution in [3.05, 3.63) is 59.3 Å². The second-order valence-electron chi connectivity index (χ2n) is 5.77. The Kier molecular flexibility index (Phi) is 4.16. The summed E-state index contributed by atoms with van der Waals surface area (Å²) in [6.07, 6.45) is 0.558. The Labute approximate surface area is 139 Å². The molecule has 0 radical (unpaired) electrons. The van der Waals surface area contributed by atoms with Gasteiger partial charge in [0.25, 0.3) is 0 Å². The van der Waals surface area contributed by atoms with E-state index in [0.717, 1.165) is 22.2 Å². The van der Waals surface area contributed by atoms with E-state index in [1.165, 1.54) is 0 Å². The molecule has 0 saturated heterocycles. The third-order valence-corrected chi connectivity index (χ3v) is 4.25. The topological polar surface area (TPSA) is 82.7 Å². The number of rotatable bonds is 5. The van der Waals surface area contributed by atoms with Gasteiger partial charge in [0.2, 0.25) is 0 Å². The molecular formula is C19H19NO4. The second kappa shape index (κ2) is 6.28. The molecular weight excluding hydrogens is 306 g/mol. The smallest absolute Gasteiger partial charge is 0.307 e. The number of carboxylic acids is 1. The van der Waals surface area contributed by atoms with Crippen molar-refractivity contribution in [2.75, 3.05) is 0 Å². The van der Waals surface area contributed by atoms with Crippen LogP contribution in [0.2, 0.25) is 0 Å². The van der Waals surface area contributed by atoms with Gasteiger partial charge in [-0.1, -0.05) is 25.1 Å². The lowest BCUT2D eigenvalue weighted by atomic mass is 10.1. The Bertz CT molecular complexity index is 911. The van der Waals surface area contributed by atoms with Crippen LogP contribution in [0.1, 0.15) is 23.7 Å². The first-order valence-corrected chi connectivity index (χ1v) is 7.83. The highest BCUT2D eigenvalue weighted by Crippen LogP contribution is 2.32. The predicted octanol–water partition coefficient (Wildman–Crippen LogP) is 3.29. The maximum absolute atomic E-state index is 11.3. The monoisotopic (exact) mass is 325 g/mol. The average Bonchev–Trinajstić information content (AvgIpc) is 2.81. The van der Waals surface area contributed by atoms with Gasteiger partial charge in [-0.3, -0.25) is 4.79 Å². The summed E-state index contributed by atoms with van der Waals surface area (Å²) in [5.74, 6) is -0.592. The molecule has 2 aromatic carbocycles. The van der Waals surface area contributed by atoms with E-state index in [1.807, 2.05) is 23.6 Å². The van der Waals surface area contributed by atoms with Crippen LogP contribution in [0.4, 0.5) is 0 Å². The van der Waals surface area contributed by atoms with Crippen LogP contribution >= 0.6 is 0 Å². The molecule has 0 atom stereocenters. The van der Waals surface area contributed by atoms with Gasteiger partial charge < -0.3 is 19.9 Å². The zero-order valence-corrected chi connectivity index (χ0v) is 13.4. The van der Waals surface area contributed by atoms with Crippen LogP contribution in [-0.4, -0.2) is 25.9 Å². The fourth-order valence-corrected chi connectivity index (χ4v) is 3.21. The number of aromatic hydroxyl groups is 2. The van der Waals surface area contributed by atoms with Gasteiger partial charge in [-0.05, 0) is 36.2 Å². The SMILES string of the molecule is CCc1c(CC(=O)O)c2cc(O)ccc2n1Cc1ccccc1O. The lowest BCUT2D eigenvalue weighted by Crippen LogP contribution is -2.07. The van der Waals surface area contributed by atoms with E-state index < -0.39 is 5.97 Å². The maximum atomic E-state index is 11.3. The summed E-state index contributed by atoms with van der Waals surface area (Å²) < 4.78 is 2.02. The Balaban J connectivity index is 2.22. The summed E-state index contributed by atoms with van der Waals surface area (Å²) >= 11 is 0. The molecule has 0 aliphatic rings. The summed E-state index contributed by atoms with van der Waals surface area (Å²) in [6, 6.07) is 12.1. The molecule has 24 heavy (non-hydrogen) atoms. The highest BCUT2D eigenvalue weighted by Gasteiger charge is 2.19. The van der Waals surface area contributed by atoms with E-state index in [1.54, 1.807) is 30.3 Å². The summed E-state index contributed by atoms with van der Waals surface area (Å²) in [5.41, 5.74) is 3.23. The fourth-order valence-electron chi connectivity index (χ4n) is 3.21. The predicted molar refractivity (Wildman–Crippen MR) is 91.5 cm³/mol. The number of carbonyl (C=O) groups is 1. The van der Waals surface area contributed by atoms with E-state index in [0.29, 0.717) is 18.5 Å². The standard InChI is InChI=1S/C19H19NO4/c1-2-16-15(10-19(23)24)14-9-13(21)7-8-17(14)20(16)11-12-5-3-4-6-18(12)22/h3-9,21-22H,2,10-11H2,1H3,(H,23,24). The van der Waals surface area contributed by atoms with Gasteiger partial charge in [-0.2, -0.15) is 0 Å². The minimum absolute atomic E-state index is 0.100. The van der Waals surface area contributed by atoms with E-state index in [9.17, 15) is 20.1 Å². The molecule has 1 aromatic heterocycles. The van der Waals surface area contributed by atoms with Crippen LogP contribution in [0.5, 0.6) is 11.5 Å². The number of nitrogens with zero attached hydrogens (tertiary/aromatic N) is 1. The number of phenolic OH excluding ortho intramolecular Hbond substituents is 2. The molecule has 3 N–H and O–H groups in total. The van der Waals surface area contributed by atoms with Crippen LogP contribution < -0.4 is 0 Å². The van der Waals surface area contributed by atoms with Gasteiger partial charge in [0.15, 0.2) is 0 Å². The lowest BCUT2D eigenvalue weighted by molar-refractivity contribution is -0.136. The van der Waals surface area contributed by atoms with Crippen LogP contribution in [0.3, 0.4) is 0 Å². The number of aliphatic carboxylic acids is 1. The molecule has 0 bridgehead atoms. The van der Waals surface area contributed by atoms with Gasteiger partial charge in [-0.25, -0.2) is 0 Å². The first kappa shape index (κ1) is 15.9. The molecule has 0 spiro atoms. The van der Waals surface area contributed by atoms with Gasteiger partial charge in [0.1, 0.15) is 11.5 Å². The molecule has 0 aliphatic heterocycles. The highest BCUT2D eigenvalue weighted by atomic mass is 16.4. The van der Waals surface area contributed by atoms with Crippen molar-refractivity contribution in [1.82, 2.24) is 4.57 Å². The van der Waals surface area contributed by atoms with Crippen molar-refractivity contribution >= 4 is 16.9 Å². The molecule has 0 fully saturated rings. The molecule has 3 rings (SSSR count). The summed E-state index contributed by atoms with van der Waals surface area (Å²) in [4.78, 5) is 11.3. The van der Waals surface area contributed by atoms with E-state index in [-0.39, 0.29) is 17.9 Å². The van der Waals surface area contributed by atoms with Gasteiger partial charge in [0, 0.05) is 22.2 Å². The van der Waals surface area contributed by atoms with Crippen molar-refractivity contribution < 1.29 is 20.1 Å². The van der Waals surface area contributed by atoms with Crippen LogP contribution in [0, 0.1) is 0 Å². The van der Waals surface area contributed by atoms with Gasteiger partial charge >= 0.3 is 5.97 Å². The minimum Gasteiger partial charge on any atom is -0.508 e. The van der Waals surface area contributed by atoms with Crippen molar-refractivity contribution in [3.63, 3.8) is 0 Å². The van der Waals surface area contributed by atoms with E-state index in [4.69, 9.17) is 0 Å². The number of hydrogen-bond acceptors (Lipinski definition) is 3. The zero-order chi connectivity index (χ0) is 17.3. The lowest BCUT2D eigenvalue weighted by Gasteiger charge is -2.12. The fraction of sp³-hybridized carbons (Fsp3) is 0.211. The average molecular weight is 325 g/mol. The van der Waals surface area contributed by atoms with E-state index in [2.05, 4.69) is 0 Å². The molecule has 0 unspecified atom stereocenters. The molecule has 1 heterocycles. The molecule has 5 nitrogen and oxygen atoms in total. The van der Waals surface area contributed by atoms with Crippen LogP contribution in [0.15, 0.2) is 42.5 Å². The van der Waals surface area contributed by atoms with Crippen molar-refractivity contribution in [2.24, 2.45) is 0 Å². The first-order valence-electron chi connectivity index (χ1n) is 7.83. The highest BCUT2D eigenvalue weighted by molar-refractivity contribution is 5.90. The summed E-state index contributed by atoms with van der Waals surface area (Å²) in [7, 11) is 0.